The first-order chi connectivity index (χ1) is 13.4. The van der Waals surface area contributed by atoms with Crippen LogP contribution in [0.2, 0.25) is 0 Å². The zero-order valence-corrected chi connectivity index (χ0v) is 16.5. The van der Waals surface area contributed by atoms with Gasteiger partial charge in [0, 0.05) is 5.56 Å². The van der Waals surface area contributed by atoms with Gasteiger partial charge in [0.1, 0.15) is 16.6 Å². The maximum atomic E-state index is 13.1. The minimum Gasteiger partial charge on any atom is -0.497 e. The number of ether oxygens (including phenoxy) is 1. The zero-order chi connectivity index (χ0) is 20.1. The molecule has 3 aromatic rings. The first kappa shape index (κ1) is 19.8. The Balaban J connectivity index is 1.83. The number of hydrogen-bond donors (Lipinski definition) is 2. The highest BCUT2D eigenvalue weighted by Crippen LogP contribution is 2.26. The van der Waals surface area contributed by atoms with Crippen LogP contribution in [-0.2, 0) is 10.0 Å². The van der Waals surface area contributed by atoms with Gasteiger partial charge in [0.25, 0.3) is 10.0 Å². The van der Waals surface area contributed by atoms with Gasteiger partial charge < -0.3 is 10.1 Å². The van der Waals surface area contributed by atoms with Gasteiger partial charge in [-0.25, -0.2) is 12.8 Å². The molecule has 3 rings (SSSR count). The lowest BCUT2D eigenvalue weighted by Gasteiger charge is -2.15. The van der Waals surface area contributed by atoms with Crippen LogP contribution in [0.4, 0.5) is 15.8 Å². The lowest BCUT2D eigenvalue weighted by molar-refractivity contribution is 0.414. The Morgan fingerprint density at radius 2 is 1.54 bits per heavy atom. The number of para-hydroxylation sites is 2. The molecule has 28 heavy (non-hydrogen) atoms. The summed E-state index contributed by atoms with van der Waals surface area (Å²) in [6, 6.07) is 18.6. The third kappa shape index (κ3) is 4.65. The molecule has 0 heterocycles. The molecule has 0 saturated heterocycles. The molecular formula is C20H17FN2O3S2. The van der Waals surface area contributed by atoms with Gasteiger partial charge in [0.2, 0.25) is 0 Å². The summed E-state index contributed by atoms with van der Waals surface area (Å²) in [7, 11) is -2.30. The quantitative estimate of drug-likeness (QED) is 0.582. The van der Waals surface area contributed by atoms with Crippen molar-refractivity contribution >= 4 is 38.6 Å². The number of sulfonamides is 1. The van der Waals surface area contributed by atoms with Crippen LogP contribution in [0.1, 0.15) is 5.56 Å². The predicted molar refractivity (Wildman–Crippen MR) is 112 cm³/mol. The molecule has 0 atom stereocenters. The number of anilines is 2. The van der Waals surface area contributed by atoms with E-state index >= 15 is 0 Å². The lowest BCUT2D eigenvalue weighted by Crippen LogP contribution is -2.16. The average Bonchev–Trinajstić information content (AvgIpc) is 2.70. The van der Waals surface area contributed by atoms with E-state index in [1.165, 1.54) is 31.4 Å². The van der Waals surface area contributed by atoms with E-state index in [2.05, 4.69) is 10.0 Å². The molecule has 0 fully saturated rings. The van der Waals surface area contributed by atoms with Crippen molar-refractivity contribution in [2.75, 3.05) is 17.1 Å². The highest BCUT2D eigenvalue weighted by molar-refractivity contribution is 7.92. The first-order valence-electron chi connectivity index (χ1n) is 8.22. The Morgan fingerprint density at radius 1 is 0.929 bits per heavy atom. The van der Waals surface area contributed by atoms with Gasteiger partial charge in [-0.1, -0.05) is 24.4 Å². The standard InChI is InChI=1S/C20H17FN2O3S2/c1-26-16-10-12-17(13-11-16)28(24,25)23-19-5-3-2-4-18(19)22-20(27)14-6-8-15(21)9-7-14/h2-13,23H,1H3,(H,22,27). The predicted octanol–water partition coefficient (Wildman–Crippen LogP) is 4.42. The Labute approximate surface area is 168 Å². The number of benzene rings is 3. The van der Waals surface area contributed by atoms with Gasteiger partial charge in [-0.3, -0.25) is 4.72 Å². The van der Waals surface area contributed by atoms with Crippen LogP contribution >= 0.6 is 12.2 Å². The fraction of sp³-hybridized carbons (Fsp3) is 0.0500. The topological polar surface area (TPSA) is 67.4 Å². The van der Waals surface area contributed by atoms with Crippen molar-refractivity contribution in [1.82, 2.24) is 0 Å². The molecule has 0 unspecified atom stereocenters. The van der Waals surface area contributed by atoms with Gasteiger partial charge in [-0.2, -0.15) is 0 Å². The van der Waals surface area contributed by atoms with E-state index in [-0.39, 0.29) is 10.7 Å². The Kier molecular flexibility index (Phi) is 5.91. The summed E-state index contributed by atoms with van der Waals surface area (Å²) in [6.07, 6.45) is 0. The Morgan fingerprint density at radius 3 is 2.14 bits per heavy atom. The van der Waals surface area contributed by atoms with E-state index in [9.17, 15) is 12.8 Å². The van der Waals surface area contributed by atoms with Crippen molar-refractivity contribution in [2.45, 2.75) is 4.90 Å². The van der Waals surface area contributed by atoms with Crippen molar-refractivity contribution < 1.29 is 17.5 Å². The second kappa shape index (κ2) is 8.37. The average molecular weight is 416 g/mol. The van der Waals surface area contributed by atoms with Crippen LogP contribution < -0.4 is 14.8 Å². The lowest BCUT2D eigenvalue weighted by atomic mass is 10.2. The molecule has 0 aliphatic rings. The van der Waals surface area contributed by atoms with Crippen molar-refractivity contribution in [3.63, 3.8) is 0 Å². The van der Waals surface area contributed by atoms with Crippen molar-refractivity contribution in [3.05, 3.63) is 84.2 Å². The number of halogens is 1. The summed E-state index contributed by atoms with van der Waals surface area (Å²) in [6.45, 7) is 0. The number of thiocarbonyl (C=S) groups is 1. The SMILES string of the molecule is COc1ccc(S(=O)(=O)Nc2ccccc2NC(=S)c2ccc(F)cc2)cc1. The third-order valence-corrected chi connectivity index (χ3v) is 5.61. The van der Waals surface area contributed by atoms with Gasteiger partial charge in [-0.15, -0.1) is 0 Å². The smallest absolute Gasteiger partial charge is 0.261 e. The van der Waals surface area contributed by atoms with E-state index in [4.69, 9.17) is 17.0 Å². The molecular weight excluding hydrogens is 399 g/mol. The molecule has 0 spiro atoms. The number of nitrogens with one attached hydrogen (secondary N) is 2. The van der Waals surface area contributed by atoms with Crippen molar-refractivity contribution in [3.8, 4) is 5.75 Å². The molecule has 144 valence electrons. The van der Waals surface area contributed by atoms with E-state index in [1.54, 1.807) is 48.5 Å². The molecule has 0 aromatic heterocycles. The highest BCUT2D eigenvalue weighted by Gasteiger charge is 2.16. The third-order valence-electron chi connectivity index (χ3n) is 3.90. The van der Waals surface area contributed by atoms with E-state index in [0.717, 1.165) is 0 Å². The van der Waals surface area contributed by atoms with Crippen molar-refractivity contribution in [1.29, 1.82) is 0 Å². The van der Waals surface area contributed by atoms with Crippen LogP contribution in [0, 0.1) is 5.82 Å². The summed E-state index contributed by atoms with van der Waals surface area (Å²) in [5.74, 6) is 0.199. The Hall–Kier alpha value is -2.97. The summed E-state index contributed by atoms with van der Waals surface area (Å²) in [5.41, 5.74) is 1.43. The largest absolute Gasteiger partial charge is 0.497 e. The first-order valence-corrected chi connectivity index (χ1v) is 10.1. The zero-order valence-electron chi connectivity index (χ0n) is 14.8. The minimum absolute atomic E-state index is 0.101. The van der Waals surface area contributed by atoms with Crippen LogP contribution in [-0.4, -0.2) is 20.5 Å². The maximum absolute atomic E-state index is 13.1. The molecule has 3 aromatic carbocycles. The molecule has 0 radical (unpaired) electrons. The number of methoxy groups -OCH3 is 1. The highest BCUT2D eigenvalue weighted by atomic mass is 32.2. The van der Waals surface area contributed by atoms with Gasteiger partial charge >= 0.3 is 0 Å². The molecule has 0 bridgehead atoms. The monoisotopic (exact) mass is 416 g/mol. The molecule has 0 amide bonds. The second-order valence-electron chi connectivity index (χ2n) is 5.79. The van der Waals surface area contributed by atoms with Gasteiger partial charge in [-0.05, 0) is 60.7 Å². The molecule has 0 saturated carbocycles. The number of hydrogen-bond acceptors (Lipinski definition) is 4. The van der Waals surface area contributed by atoms with Crippen LogP contribution in [0.5, 0.6) is 5.75 Å². The summed E-state index contributed by atoms with van der Waals surface area (Å²) in [5, 5.41) is 3.00. The van der Waals surface area contributed by atoms with Crippen LogP contribution in [0.15, 0.2) is 77.7 Å². The summed E-state index contributed by atoms with van der Waals surface area (Å²) < 4.78 is 46.1. The maximum Gasteiger partial charge on any atom is 0.261 e. The van der Waals surface area contributed by atoms with E-state index in [1.807, 2.05) is 0 Å². The molecule has 8 heteroatoms. The van der Waals surface area contributed by atoms with Crippen LogP contribution in [0.3, 0.4) is 0 Å². The molecule has 5 nitrogen and oxygen atoms in total. The van der Waals surface area contributed by atoms with E-state index < -0.39 is 10.0 Å². The van der Waals surface area contributed by atoms with Crippen LogP contribution in [0.25, 0.3) is 0 Å². The molecule has 2 N–H and O–H groups in total. The summed E-state index contributed by atoms with van der Waals surface area (Å²) >= 11 is 5.34. The molecule has 0 aliphatic heterocycles. The van der Waals surface area contributed by atoms with Gasteiger partial charge in [0.05, 0.1) is 23.4 Å². The molecule has 0 aliphatic carbocycles. The van der Waals surface area contributed by atoms with E-state index in [0.29, 0.717) is 27.7 Å². The fourth-order valence-electron chi connectivity index (χ4n) is 2.44. The normalized spacial score (nSPS) is 10.9. The van der Waals surface area contributed by atoms with Gasteiger partial charge in [0.15, 0.2) is 0 Å². The fourth-order valence-corrected chi connectivity index (χ4v) is 3.76. The number of rotatable bonds is 6. The summed E-state index contributed by atoms with van der Waals surface area (Å²) in [4.78, 5) is 0.445. The second-order valence-corrected chi connectivity index (χ2v) is 7.88. The van der Waals surface area contributed by atoms with Crippen molar-refractivity contribution in [2.24, 2.45) is 0 Å². The minimum atomic E-state index is -3.81. The Bertz CT molecular complexity index is 1080.